The van der Waals surface area contributed by atoms with Crippen LogP contribution in [0.2, 0.25) is 5.02 Å². The summed E-state index contributed by atoms with van der Waals surface area (Å²) in [6.45, 7) is 0.0888. The number of benzene rings is 2. The maximum atomic E-state index is 13.2. The molecule has 2 aromatic heterocycles. The summed E-state index contributed by atoms with van der Waals surface area (Å²) in [5.74, 6) is -0.218. The second-order valence-electron chi connectivity index (χ2n) is 6.61. The number of anilines is 1. The number of nitrogens with one attached hydrogen (secondary N) is 1. The fourth-order valence-electron chi connectivity index (χ4n) is 3.03. The van der Waals surface area contributed by atoms with Crippen molar-refractivity contribution < 1.29 is 18.4 Å². The SMILES string of the molecule is COc1ccc(NC(=O)CCn2cnc3onc(-c4ccc(F)cc4)c3c2=O)cc1Cl. The van der Waals surface area contributed by atoms with Gasteiger partial charge in [0.2, 0.25) is 5.91 Å². The molecular formula is C21H16ClFN4O4. The quantitative estimate of drug-likeness (QED) is 0.486. The van der Waals surface area contributed by atoms with Crippen LogP contribution in [0.15, 0.2) is 58.1 Å². The van der Waals surface area contributed by atoms with E-state index in [1.165, 1.54) is 42.3 Å². The molecule has 0 spiro atoms. The van der Waals surface area contributed by atoms with Crippen LogP contribution in [0.5, 0.6) is 5.75 Å². The molecule has 8 nitrogen and oxygen atoms in total. The van der Waals surface area contributed by atoms with Crippen molar-refractivity contribution in [2.75, 3.05) is 12.4 Å². The van der Waals surface area contributed by atoms with Gasteiger partial charge in [0, 0.05) is 24.2 Å². The highest BCUT2D eigenvalue weighted by molar-refractivity contribution is 6.32. The Hall–Kier alpha value is -3.72. The van der Waals surface area contributed by atoms with Gasteiger partial charge >= 0.3 is 0 Å². The molecule has 0 atom stereocenters. The number of fused-ring (bicyclic) bond motifs is 1. The molecule has 1 N–H and O–H groups in total. The van der Waals surface area contributed by atoms with Crippen LogP contribution in [-0.4, -0.2) is 27.7 Å². The number of nitrogens with zero attached hydrogens (tertiary/aromatic N) is 3. The molecule has 2 aromatic carbocycles. The Morgan fingerprint density at radius 3 is 2.74 bits per heavy atom. The summed E-state index contributed by atoms with van der Waals surface area (Å²) in [7, 11) is 1.50. The van der Waals surface area contributed by atoms with Gasteiger partial charge in [-0.05, 0) is 42.5 Å². The minimum atomic E-state index is -0.411. The second kappa shape index (κ2) is 8.57. The van der Waals surface area contributed by atoms with Gasteiger partial charge in [0.25, 0.3) is 11.3 Å². The lowest BCUT2D eigenvalue weighted by atomic mass is 10.1. The normalized spacial score (nSPS) is 10.9. The third-order valence-electron chi connectivity index (χ3n) is 4.60. The van der Waals surface area contributed by atoms with E-state index >= 15 is 0 Å². The van der Waals surface area contributed by atoms with Crippen molar-refractivity contribution in [1.29, 1.82) is 0 Å². The molecule has 0 saturated carbocycles. The van der Waals surface area contributed by atoms with Gasteiger partial charge in [-0.1, -0.05) is 16.8 Å². The predicted octanol–water partition coefficient (Wildman–Crippen LogP) is 3.88. The molecular weight excluding hydrogens is 427 g/mol. The fraction of sp³-hybridized carbons (Fsp3) is 0.143. The number of methoxy groups -OCH3 is 1. The minimum absolute atomic E-state index is 0.0217. The molecule has 1 amide bonds. The molecule has 4 aromatic rings. The molecule has 2 heterocycles. The van der Waals surface area contributed by atoms with Crippen molar-refractivity contribution >= 4 is 34.3 Å². The first-order valence-electron chi connectivity index (χ1n) is 9.20. The first-order valence-corrected chi connectivity index (χ1v) is 9.58. The first-order chi connectivity index (χ1) is 15.0. The lowest BCUT2D eigenvalue weighted by molar-refractivity contribution is -0.116. The van der Waals surface area contributed by atoms with Crippen LogP contribution in [0.25, 0.3) is 22.4 Å². The van der Waals surface area contributed by atoms with Crippen molar-refractivity contribution in [2.24, 2.45) is 0 Å². The predicted molar refractivity (Wildman–Crippen MR) is 113 cm³/mol. The van der Waals surface area contributed by atoms with Crippen molar-refractivity contribution in [3.63, 3.8) is 0 Å². The van der Waals surface area contributed by atoms with Crippen LogP contribution >= 0.6 is 11.6 Å². The number of hydrogen-bond donors (Lipinski definition) is 1. The second-order valence-corrected chi connectivity index (χ2v) is 7.02. The lowest BCUT2D eigenvalue weighted by Crippen LogP contribution is -2.23. The Kier molecular flexibility index (Phi) is 5.68. The number of rotatable bonds is 6. The van der Waals surface area contributed by atoms with E-state index in [0.717, 1.165) is 0 Å². The van der Waals surface area contributed by atoms with Crippen molar-refractivity contribution in [1.82, 2.24) is 14.7 Å². The van der Waals surface area contributed by atoms with Gasteiger partial charge in [-0.3, -0.25) is 14.2 Å². The molecule has 0 unspecified atom stereocenters. The van der Waals surface area contributed by atoms with E-state index in [0.29, 0.717) is 22.0 Å². The zero-order chi connectivity index (χ0) is 22.0. The number of hydrogen-bond acceptors (Lipinski definition) is 6. The van der Waals surface area contributed by atoms with Gasteiger partial charge in [0.05, 0.1) is 12.1 Å². The van der Waals surface area contributed by atoms with Crippen LogP contribution in [-0.2, 0) is 11.3 Å². The molecule has 0 radical (unpaired) electrons. The molecule has 31 heavy (non-hydrogen) atoms. The number of aryl methyl sites for hydroxylation is 1. The third-order valence-corrected chi connectivity index (χ3v) is 4.89. The Morgan fingerprint density at radius 1 is 1.26 bits per heavy atom. The topological polar surface area (TPSA) is 99.2 Å². The van der Waals surface area contributed by atoms with Gasteiger partial charge in [0.15, 0.2) is 0 Å². The van der Waals surface area contributed by atoms with E-state index in [1.807, 2.05) is 0 Å². The van der Waals surface area contributed by atoms with Crippen LogP contribution in [0.3, 0.4) is 0 Å². The van der Waals surface area contributed by atoms with E-state index in [-0.39, 0.29) is 35.7 Å². The van der Waals surface area contributed by atoms with Crippen LogP contribution in [0.1, 0.15) is 6.42 Å². The number of carbonyl (C=O) groups is 1. The smallest absolute Gasteiger partial charge is 0.266 e. The highest BCUT2D eigenvalue weighted by Crippen LogP contribution is 2.27. The highest BCUT2D eigenvalue weighted by atomic mass is 35.5. The number of halogens is 2. The molecule has 0 aliphatic rings. The summed E-state index contributed by atoms with van der Waals surface area (Å²) >= 11 is 6.06. The molecule has 0 saturated heterocycles. The largest absolute Gasteiger partial charge is 0.495 e. The number of aromatic nitrogens is 3. The summed E-state index contributed by atoms with van der Waals surface area (Å²) < 4.78 is 24.7. The molecule has 0 bridgehead atoms. The van der Waals surface area contributed by atoms with E-state index in [4.69, 9.17) is 20.9 Å². The molecule has 0 aliphatic carbocycles. The maximum absolute atomic E-state index is 13.2. The van der Waals surface area contributed by atoms with Crippen molar-refractivity contribution in [3.05, 3.63) is 70.0 Å². The van der Waals surface area contributed by atoms with Crippen molar-refractivity contribution in [3.8, 4) is 17.0 Å². The fourth-order valence-corrected chi connectivity index (χ4v) is 3.29. The number of carbonyl (C=O) groups excluding carboxylic acids is 1. The highest BCUT2D eigenvalue weighted by Gasteiger charge is 2.17. The van der Waals surface area contributed by atoms with E-state index in [2.05, 4.69) is 15.5 Å². The summed E-state index contributed by atoms with van der Waals surface area (Å²) in [6, 6.07) is 10.4. The zero-order valence-electron chi connectivity index (χ0n) is 16.3. The summed E-state index contributed by atoms with van der Waals surface area (Å²) in [6.07, 6.45) is 1.32. The molecule has 0 aliphatic heterocycles. The standard InChI is InChI=1S/C21H16ClFN4O4/c1-30-16-7-6-14(10-15(16)22)25-17(28)8-9-27-11-24-20-18(21(27)29)19(26-31-20)12-2-4-13(23)5-3-12/h2-7,10-11H,8-9H2,1H3,(H,25,28). The van der Waals surface area contributed by atoms with E-state index < -0.39 is 11.4 Å². The van der Waals surface area contributed by atoms with Crippen molar-refractivity contribution in [2.45, 2.75) is 13.0 Å². The summed E-state index contributed by atoms with van der Waals surface area (Å²) in [5.41, 5.74) is 0.947. The first kappa shape index (κ1) is 20.5. The van der Waals surface area contributed by atoms with Crippen LogP contribution in [0.4, 0.5) is 10.1 Å². The monoisotopic (exact) mass is 442 g/mol. The van der Waals surface area contributed by atoms with Gasteiger partial charge in [-0.15, -0.1) is 0 Å². The third kappa shape index (κ3) is 4.26. The maximum Gasteiger partial charge on any atom is 0.266 e. The molecule has 0 fully saturated rings. The lowest BCUT2D eigenvalue weighted by Gasteiger charge is -2.09. The van der Waals surface area contributed by atoms with E-state index in [9.17, 15) is 14.0 Å². The van der Waals surface area contributed by atoms with Gasteiger partial charge < -0.3 is 14.6 Å². The average molecular weight is 443 g/mol. The summed E-state index contributed by atoms with van der Waals surface area (Å²) in [5, 5.41) is 7.14. The van der Waals surface area contributed by atoms with Crippen LogP contribution in [0, 0.1) is 5.82 Å². The molecule has 158 valence electrons. The number of ether oxygens (including phenoxy) is 1. The Labute approximate surface area is 180 Å². The Balaban J connectivity index is 1.52. The number of amides is 1. The van der Waals surface area contributed by atoms with Crippen LogP contribution < -0.4 is 15.6 Å². The van der Waals surface area contributed by atoms with Gasteiger partial charge in [-0.25, -0.2) is 9.37 Å². The average Bonchev–Trinajstić information content (AvgIpc) is 3.19. The molecule has 10 heteroatoms. The summed E-state index contributed by atoms with van der Waals surface area (Å²) in [4.78, 5) is 29.3. The van der Waals surface area contributed by atoms with Gasteiger partial charge in [0.1, 0.15) is 29.0 Å². The zero-order valence-corrected chi connectivity index (χ0v) is 17.0. The Morgan fingerprint density at radius 2 is 2.03 bits per heavy atom. The Bertz CT molecular complexity index is 1320. The van der Waals surface area contributed by atoms with Gasteiger partial charge in [-0.2, -0.15) is 0 Å². The van der Waals surface area contributed by atoms with E-state index in [1.54, 1.807) is 18.2 Å². The minimum Gasteiger partial charge on any atom is -0.495 e. The molecule has 4 rings (SSSR count).